The maximum atomic E-state index is 11.8. The lowest BCUT2D eigenvalue weighted by Crippen LogP contribution is -2.27. The topological polar surface area (TPSA) is 169 Å². The van der Waals surface area contributed by atoms with Crippen LogP contribution in [0.25, 0.3) is 10.4 Å². The molecular weight excluding hydrogens is 396 g/mol. The van der Waals surface area contributed by atoms with Gasteiger partial charge in [-0.15, -0.1) is 6.42 Å². The van der Waals surface area contributed by atoms with Gasteiger partial charge in [-0.2, -0.15) is 0 Å². The first-order valence-corrected chi connectivity index (χ1v) is 9.04. The number of ether oxygens (including phenoxy) is 2. The number of nitrogens with zero attached hydrogens (tertiary/aromatic N) is 4. The van der Waals surface area contributed by atoms with Crippen molar-refractivity contribution >= 4 is 17.7 Å². The van der Waals surface area contributed by atoms with Crippen LogP contribution in [0.15, 0.2) is 23.3 Å². The Morgan fingerprint density at radius 3 is 2.67 bits per heavy atom. The van der Waals surface area contributed by atoms with E-state index in [0.29, 0.717) is 38.1 Å². The van der Waals surface area contributed by atoms with Gasteiger partial charge in [-0.1, -0.05) is 5.11 Å². The molecule has 30 heavy (non-hydrogen) atoms. The van der Waals surface area contributed by atoms with Crippen LogP contribution in [0.2, 0.25) is 0 Å². The summed E-state index contributed by atoms with van der Waals surface area (Å²) in [7, 11) is 0. The average molecular weight is 418 g/mol. The van der Waals surface area contributed by atoms with Crippen molar-refractivity contribution in [2.75, 3.05) is 26.2 Å². The quantitative estimate of drug-likeness (QED) is 0.0948. The lowest BCUT2D eigenvalue weighted by molar-refractivity contribution is -0.385. The number of terminal acetylenes is 1. The monoisotopic (exact) mass is 418 g/mol. The number of hydrogen-bond donors (Lipinski definition) is 2. The van der Waals surface area contributed by atoms with Crippen molar-refractivity contribution in [2.24, 2.45) is 5.11 Å². The molecule has 0 saturated carbocycles. The first kappa shape index (κ1) is 24.1. The van der Waals surface area contributed by atoms with Gasteiger partial charge in [-0.05, 0) is 42.8 Å². The number of amides is 2. The fourth-order valence-electron chi connectivity index (χ4n) is 2.20. The third-order valence-electron chi connectivity index (χ3n) is 3.63. The molecule has 160 valence electrons. The second-order valence-corrected chi connectivity index (χ2v) is 5.81. The van der Waals surface area contributed by atoms with Crippen LogP contribution in [0, 0.1) is 22.5 Å². The summed E-state index contributed by atoms with van der Waals surface area (Å²) in [5.74, 6) is 1.80. The summed E-state index contributed by atoms with van der Waals surface area (Å²) in [4.78, 5) is 35.9. The zero-order valence-electron chi connectivity index (χ0n) is 16.2. The van der Waals surface area contributed by atoms with E-state index in [0.717, 1.165) is 0 Å². The van der Waals surface area contributed by atoms with Crippen LogP contribution in [0.4, 0.5) is 10.5 Å². The van der Waals surface area contributed by atoms with E-state index in [9.17, 15) is 19.7 Å². The molecule has 2 N–H and O–H groups in total. The number of nitrogens with one attached hydrogen (secondary N) is 2. The summed E-state index contributed by atoms with van der Waals surface area (Å²) in [6.45, 7) is 0.925. The highest BCUT2D eigenvalue weighted by atomic mass is 16.6. The van der Waals surface area contributed by atoms with Gasteiger partial charge in [0, 0.05) is 30.6 Å². The maximum absolute atomic E-state index is 11.8. The first-order chi connectivity index (χ1) is 14.5. The number of unbranched alkanes of at least 4 members (excludes halogenated alkanes) is 1. The zero-order valence-corrected chi connectivity index (χ0v) is 16.2. The second-order valence-electron chi connectivity index (χ2n) is 5.81. The van der Waals surface area contributed by atoms with E-state index in [2.05, 4.69) is 20.7 Å². The van der Waals surface area contributed by atoms with E-state index in [1.54, 1.807) is 0 Å². The lowest BCUT2D eigenvalue weighted by Gasteiger charge is -2.10. The Labute approximate surface area is 172 Å². The van der Waals surface area contributed by atoms with Crippen molar-refractivity contribution in [2.45, 2.75) is 25.9 Å². The van der Waals surface area contributed by atoms with Gasteiger partial charge in [0.15, 0.2) is 0 Å². The van der Waals surface area contributed by atoms with Crippen molar-refractivity contribution < 1.29 is 24.0 Å². The number of hydrogen-bond acceptors (Lipinski definition) is 7. The largest absolute Gasteiger partial charge is 0.494 e. The van der Waals surface area contributed by atoms with Crippen molar-refractivity contribution in [3.05, 3.63) is 44.3 Å². The summed E-state index contributed by atoms with van der Waals surface area (Å²) in [6.07, 6.45) is 5.87. The van der Waals surface area contributed by atoms with Gasteiger partial charge in [0.05, 0.1) is 17.1 Å². The number of carbonyl (C=O) groups is 2. The van der Waals surface area contributed by atoms with Crippen LogP contribution < -0.4 is 15.4 Å². The summed E-state index contributed by atoms with van der Waals surface area (Å²) in [6, 6.07) is 4.13. The van der Waals surface area contributed by atoms with Gasteiger partial charge < -0.3 is 20.1 Å². The van der Waals surface area contributed by atoms with Crippen LogP contribution in [0.1, 0.15) is 24.8 Å². The SMILES string of the molecule is C#CC(=O)NCCCCNC(=O)OCc1cc(OCCCN=[N+]=[N-])ccc1[N+](=O)[O-]. The molecule has 1 aromatic rings. The van der Waals surface area contributed by atoms with Crippen molar-refractivity contribution in [1.29, 1.82) is 0 Å². The highest BCUT2D eigenvalue weighted by Crippen LogP contribution is 2.25. The maximum Gasteiger partial charge on any atom is 0.407 e. The van der Waals surface area contributed by atoms with Gasteiger partial charge in [0.1, 0.15) is 12.4 Å². The highest BCUT2D eigenvalue weighted by molar-refractivity contribution is 5.92. The Morgan fingerprint density at radius 1 is 1.27 bits per heavy atom. The van der Waals surface area contributed by atoms with Gasteiger partial charge in [0.25, 0.3) is 11.6 Å². The second kappa shape index (κ2) is 14.1. The molecule has 0 unspecified atom stereocenters. The zero-order chi connectivity index (χ0) is 22.2. The predicted molar refractivity (Wildman–Crippen MR) is 106 cm³/mol. The molecular formula is C18H22N6O6. The normalized spacial score (nSPS) is 9.57. The Kier molecular flexibility index (Phi) is 11.3. The molecule has 0 saturated heterocycles. The molecule has 0 aliphatic carbocycles. The van der Waals surface area contributed by atoms with Crippen molar-refractivity contribution in [3.8, 4) is 18.1 Å². The van der Waals surface area contributed by atoms with Crippen LogP contribution in [-0.2, 0) is 16.1 Å². The molecule has 0 heterocycles. The minimum absolute atomic E-state index is 0.180. The van der Waals surface area contributed by atoms with Crippen LogP contribution in [0.3, 0.4) is 0 Å². The van der Waals surface area contributed by atoms with Crippen molar-refractivity contribution in [3.63, 3.8) is 0 Å². The van der Waals surface area contributed by atoms with Gasteiger partial charge in [0.2, 0.25) is 0 Å². The fourth-order valence-corrected chi connectivity index (χ4v) is 2.20. The summed E-state index contributed by atoms with van der Waals surface area (Å²) < 4.78 is 10.5. The molecule has 0 aliphatic heterocycles. The van der Waals surface area contributed by atoms with Gasteiger partial charge in [-0.25, -0.2) is 4.79 Å². The number of alkyl carbamates (subject to hydrolysis) is 1. The van der Waals surface area contributed by atoms with Crippen LogP contribution in [0.5, 0.6) is 5.75 Å². The molecule has 0 spiro atoms. The van der Waals surface area contributed by atoms with E-state index in [4.69, 9.17) is 21.4 Å². The summed E-state index contributed by atoms with van der Waals surface area (Å²) >= 11 is 0. The van der Waals surface area contributed by atoms with E-state index in [-0.39, 0.29) is 31.0 Å². The molecule has 12 nitrogen and oxygen atoms in total. The fraction of sp³-hybridized carbons (Fsp3) is 0.444. The third kappa shape index (κ3) is 9.82. The highest BCUT2D eigenvalue weighted by Gasteiger charge is 2.16. The van der Waals surface area contributed by atoms with Crippen LogP contribution >= 0.6 is 0 Å². The number of nitro benzene ring substituents is 1. The molecule has 0 fully saturated rings. The first-order valence-electron chi connectivity index (χ1n) is 9.04. The van der Waals surface area contributed by atoms with E-state index in [1.807, 2.05) is 5.92 Å². The number of azide groups is 1. The Hall–Kier alpha value is -3.97. The minimum Gasteiger partial charge on any atom is -0.494 e. The number of rotatable bonds is 13. The standard InChI is InChI=1S/C18H22N6O6/c1-2-17(25)20-8-3-4-9-21-18(26)30-13-14-12-15(6-7-16(14)24(27)28)29-11-5-10-22-23-19/h1,6-7,12H,3-5,8-11,13H2,(H,20,25)(H,21,26). The Bertz CT molecular complexity index is 831. The molecule has 0 bridgehead atoms. The molecule has 0 radical (unpaired) electrons. The third-order valence-corrected chi connectivity index (χ3v) is 3.63. The van der Waals surface area contributed by atoms with E-state index >= 15 is 0 Å². The smallest absolute Gasteiger partial charge is 0.407 e. The molecule has 0 atom stereocenters. The minimum atomic E-state index is -0.724. The molecule has 1 aromatic carbocycles. The van der Waals surface area contributed by atoms with E-state index in [1.165, 1.54) is 18.2 Å². The summed E-state index contributed by atoms with van der Waals surface area (Å²) in [5, 5.41) is 19.6. The van der Waals surface area contributed by atoms with Crippen molar-refractivity contribution in [1.82, 2.24) is 10.6 Å². The molecule has 1 rings (SSSR count). The Morgan fingerprint density at radius 2 is 2.00 bits per heavy atom. The average Bonchev–Trinajstić information content (AvgIpc) is 2.74. The molecule has 0 aliphatic rings. The molecule has 0 aromatic heterocycles. The Balaban J connectivity index is 2.45. The molecule has 12 heteroatoms. The van der Waals surface area contributed by atoms with E-state index < -0.39 is 16.9 Å². The molecule has 2 amide bonds. The number of nitro groups is 1. The lowest BCUT2D eigenvalue weighted by atomic mass is 10.2. The number of carbonyl (C=O) groups excluding carboxylic acids is 2. The predicted octanol–water partition coefficient (Wildman–Crippen LogP) is 2.43. The van der Waals surface area contributed by atoms with Crippen LogP contribution in [-0.4, -0.2) is 43.2 Å². The number of benzene rings is 1. The summed E-state index contributed by atoms with van der Waals surface area (Å²) in [5.41, 5.74) is 8.19. The van der Waals surface area contributed by atoms with Gasteiger partial charge >= 0.3 is 6.09 Å². The van der Waals surface area contributed by atoms with Gasteiger partial charge in [-0.3, -0.25) is 14.9 Å².